The molecule has 0 spiro atoms. The molecule has 1 saturated heterocycles. The van der Waals surface area contributed by atoms with Gasteiger partial charge in [-0.15, -0.1) is 0 Å². The number of amidine groups is 1. The number of nitrogens with two attached hydrogens (primary N) is 1. The number of carbonyl (C=O) groups excluding carboxylic acids is 1. The van der Waals surface area contributed by atoms with Gasteiger partial charge in [-0.1, -0.05) is 5.16 Å². The molecule has 1 aliphatic rings. The molecule has 1 atom stereocenters. The summed E-state index contributed by atoms with van der Waals surface area (Å²) in [6, 6.07) is -0.327. The normalized spacial score (nSPS) is 20.1. The first kappa shape index (κ1) is 13.5. The number of oxime groups is 1. The van der Waals surface area contributed by atoms with Gasteiger partial charge in [-0.3, -0.25) is 4.79 Å². The number of rotatable bonds is 2. The third-order valence-electron chi connectivity index (χ3n) is 3.75. The van der Waals surface area contributed by atoms with Gasteiger partial charge in [0.05, 0.1) is 11.6 Å². The summed E-state index contributed by atoms with van der Waals surface area (Å²) in [6.07, 6.45) is 1.57. The highest BCUT2D eigenvalue weighted by molar-refractivity contribution is 6.00. The van der Waals surface area contributed by atoms with E-state index in [-0.39, 0.29) is 17.8 Å². The number of hydrogen-bond acceptors (Lipinski definition) is 4. The van der Waals surface area contributed by atoms with Gasteiger partial charge in [0.1, 0.15) is 11.5 Å². The zero-order valence-electron chi connectivity index (χ0n) is 11.4. The molecule has 6 heteroatoms. The predicted octanol–water partition coefficient (Wildman–Crippen LogP) is 1.56. The van der Waals surface area contributed by atoms with Crippen LogP contribution in [0.15, 0.2) is 9.57 Å². The molecule has 0 radical (unpaired) electrons. The van der Waals surface area contributed by atoms with Gasteiger partial charge in [-0.05, 0) is 33.6 Å². The molecule has 3 N–H and O–H groups in total. The number of furan rings is 1. The maximum Gasteiger partial charge on any atom is 0.258 e. The zero-order chi connectivity index (χ0) is 14.2. The van der Waals surface area contributed by atoms with Gasteiger partial charge >= 0.3 is 0 Å². The summed E-state index contributed by atoms with van der Waals surface area (Å²) in [5, 5.41) is 11.8. The van der Waals surface area contributed by atoms with E-state index in [0.717, 1.165) is 24.2 Å². The summed E-state index contributed by atoms with van der Waals surface area (Å²) in [5.41, 5.74) is 7.10. The van der Waals surface area contributed by atoms with E-state index in [4.69, 9.17) is 15.4 Å². The average molecular weight is 265 g/mol. The van der Waals surface area contributed by atoms with Crippen molar-refractivity contribution in [2.24, 2.45) is 10.9 Å². The van der Waals surface area contributed by atoms with Crippen molar-refractivity contribution in [3.8, 4) is 0 Å². The molecule has 104 valence electrons. The Bertz CT molecular complexity index is 533. The Kier molecular flexibility index (Phi) is 3.50. The minimum atomic E-state index is -0.327. The van der Waals surface area contributed by atoms with Crippen LogP contribution in [-0.2, 0) is 0 Å². The first-order valence-electron chi connectivity index (χ1n) is 6.32. The second-order valence-electron chi connectivity index (χ2n) is 4.90. The van der Waals surface area contributed by atoms with Crippen molar-refractivity contribution in [2.75, 3.05) is 6.54 Å². The van der Waals surface area contributed by atoms with E-state index in [0.29, 0.717) is 17.9 Å². The highest BCUT2D eigenvalue weighted by atomic mass is 16.4. The lowest BCUT2D eigenvalue weighted by Gasteiger charge is -2.23. The SMILES string of the molecule is Cc1oc(C)c(C(=O)N2CCCC2C(N)=NO)c1C. The van der Waals surface area contributed by atoms with Crippen LogP contribution >= 0.6 is 0 Å². The first-order valence-corrected chi connectivity index (χ1v) is 6.32. The molecule has 1 unspecified atom stereocenters. The number of hydrogen-bond donors (Lipinski definition) is 2. The standard InChI is InChI=1S/C13H19N3O3/c1-7-8(2)19-9(3)11(7)13(17)16-6-4-5-10(16)12(14)15-18/h10,18H,4-6H2,1-3H3,(H2,14,15). The molecule has 0 bridgehead atoms. The summed E-state index contributed by atoms with van der Waals surface area (Å²) in [7, 11) is 0. The van der Waals surface area contributed by atoms with Crippen LogP contribution < -0.4 is 5.73 Å². The highest BCUT2D eigenvalue weighted by Gasteiger charge is 2.34. The van der Waals surface area contributed by atoms with E-state index in [2.05, 4.69) is 5.16 Å². The monoisotopic (exact) mass is 265 g/mol. The molecule has 2 heterocycles. The largest absolute Gasteiger partial charge is 0.466 e. The molecule has 1 aromatic heterocycles. The third kappa shape index (κ3) is 2.18. The molecular weight excluding hydrogens is 246 g/mol. The smallest absolute Gasteiger partial charge is 0.258 e. The lowest BCUT2D eigenvalue weighted by molar-refractivity contribution is 0.0765. The number of amides is 1. The Balaban J connectivity index is 2.33. The number of likely N-dealkylation sites (tertiary alicyclic amines) is 1. The van der Waals surface area contributed by atoms with Gasteiger partial charge in [0, 0.05) is 12.1 Å². The number of nitrogens with zero attached hydrogens (tertiary/aromatic N) is 2. The lowest BCUT2D eigenvalue weighted by Crippen LogP contribution is -2.44. The van der Waals surface area contributed by atoms with Crippen LogP contribution in [-0.4, -0.2) is 34.4 Å². The molecule has 0 aliphatic carbocycles. The minimum Gasteiger partial charge on any atom is -0.466 e. The number of carbonyl (C=O) groups is 1. The van der Waals surface area contributed by atoms with E-state index >= 15 is 0 Å². The van der Waals surface area contributed by atoms with E-state index in [1.54, 1.807) is 11.8 Å². The van der Waals surface area contributed by atoms with Crippen LogP contribution in [0.3, 0.4) is 0 Å². The Hall–Kier alpha value is -1.98. The summed E-state index contributed by atoms with van der Waals surface area (Å²) >= 11 is 0. The lowest BCUT2D eigenvalue weighted by atomic mass is 10.1. The van der Waals surface area contributed by atoms with Gasteiger partial charge in [0.15, 0.2) is 5.84 Å². The van der Waals surface area contributed by atoms with Crippen molar-refractivity contribution < 1.29 is 14.4 Å². The Labute approximate surface area is 111 Å². The summed E-state index contributed by atoms with van der Waals surface area (Å²) in [6.45, 7) is 6.10. The topological polar surface area (TPSA) is 92.1 Å². The molecule has 6 nitrogen and oxygen atoms in total. The van der Waals surface area contributed by atoms with Crippen LogP contribution in [0.1, 0.15) is 40.3 Å². The highest BCUT2D eigenvalue weighted by Crippen LogP contribution is 2.26. The van der Waals surface area contributed by atoms with Gasteiger partial charge in [-0.2, -0.15) is 0 Å². The molecule has 0 saturated carbocycles. The van der Waals surface area contributed by atoms with Crippen LogP contribution in [0, 0.1) is 20.8 Å². The van der Waals surface area contributed by atoms with E-state index < -0.39 is 0 Å². The van der Waals surface area contributed by atoms with Crippen LogP contribution in [0.25, 0.3) is 0 Å². The molecule has 1 aliphatic heterocycles. The summed E-state index contributed by atoms with van der Waals surface area (Å²) in [4.78, 5) is 14.3. The van der Waals surface area contributed by atoms with Crippen molar-refractivity contribution in [1.29, 1.82) is 0 Å². The number of aryl methyl sites for hydroxylation is 2. The molecule has 1 amide bonds. The Morgan fingerprint density at radius 2 is 2.11 bits per heavy atom. The summed E-state index contributed by atoms with van der Waals surface area (Å²) in [5.74, 6) is 1.34. The van der Waals surface area contributed by atoms with Gasteiger partial charge in [0.2, 0.25) is 0 Å². The zero-order valence-corrected chi connectivity index (χ0v) is 11.4. The fourth-order valence-electron chi connectivity index (χ4n) is 2.64. The van der Waals surface area contributed by atoms with Crippen molar-refractivity contribution >= 4 is 11.7 Å². The van der Waals surface area contributed by atoms with Crippen LogP contribution in [0.5, 0.6) is 0 Å². The Morgan fingerprint density at radius 3 is 2.63 bits per heavy atom. The fourth-order valence-corrected chi connectivity index (χ4v) is 2.64. The average Bonchev–Trinajstić information content (AvgIpc) is 2.94. The van der Waals surface area contributed by atoms with E-state index in [1.807, 2.05) is 13.8 Å². The predicted molar refractivity (Wildman–Crippen MR) is 70.4 cm³/mol. The molecule has 1 fully saturated rings. The van der Waals surface area contributed by atoms with E-state index in [1.165, 1.54) is 0 Å². The van der Waals surface area contributed by atoms with Gasteiger partial charge in [-0.25, -0.2) is 0 Å². The van der Waals surface area contributed by atoms with Crippen molar-refractivity contribution in [3.05, 3.63) is 22.6 Å². The second kappa shape index (κ2) is 4.95. The van der Waals surface area contributed by atoms with Crippen LogP contribution in [0.4, 0.5) is 0 Å². The van der Waals surface area contributed by atoms with Gasteiger partial charge < -0.3 is 20.3 Å². The molecule has 19 heavy (non-hydrogen) atoms. The molecular formula is C13H19N3O3. The maximum atomic E-state index is 12.6. The van der Waals surface area contributed by atoms with Crippen molar-refractivity contribution in [3.63, 3.8) is 0 Å². The summed E-state index contributed by atoms with van der Waals surface area (Å²) < 4.78 is 5.49. The van der Waals surface area contributed by atoms with Gasteiger partial charge in [0.25, 0.3) is 5.91 Å². The van der Waals surface area contributed by atoms with Crippen molar-refractivity contribution in [1.82, 2.24) is 4.90 Å². The van der Waals surface area contributed by atoms with Crippen LogP contribution in [0.2, 0.25) is 0 Å². The molecule has 2 rings (SSSR count). The minimum absolute atomic E-state index is 0.0846. The maximum absolute atomic E-state index is 12.6. The Morgan fingerprint density at radius 1 is 1.42 bits per heavy atom. The molecule has 1 aromatic rings. The fraction of sp³-hybridized carbons (Fsp3) is 0.538. The van der Waals surface area contributed by atoms with Crippen molar-refractivity contribution in [2.45, 2.75) is 39.7 Å². The quantitative estimate of drug-likeness (QED) is 0.367. The molecule has 0 aromatic carbocycles. The van der Waals surface area contributed by atoms with E-state index in [9.17, 15) is 4.79 Å². The first-order chi connectivity index (χ1) is 8.97. The second-order valence-corrected chi connectivity index (χ2v) is 4.90. The third-order valence-corrected chi connectivity index (χ3v) is 3.75.